The van der Waals surface area contributed by atoms with E-state index in [0.717, 1.165) is 11.8 Å². The van der Waals surface area contributed by atoms with Crippen LogP contribution < -0.4 is 14.8 Å². The maximum Gasteiger partial charge on any atom is 0.318 e. The lowest BCUT2D eigenvalue weighted by Crippen LogP contribution is -2.15. The molecule has 132 valence electrons. The van der Waals surface area contributed by atoms with Gasteiger partial charge in [0.15, 0.2) is 11.6 Å². The number of methoxy groups -OCH3 is 1. The Labute approximate surface area is 149 Å². The summed E-state index contributed by atoms with van der Waals surface area (Å²) in [6.07, 6.45) is 0.950. The first-order chi connectivity index (χ1) is 12.7. The van der Waals surface area contributed by atoms with E-state index in [0.29, 0.717) is 11.3 Å². The van der Waals surface area contributed by atoms with Crippen LogP contribution in [-0.4, -0.2) is 23.0 Å². The number of nitrogens with zero attached hydrogens (tertiary/aromatic N) is 2. The zero-order chi connectivity index (χ0) is 18.4. The van der Waals surface area contributed by atoms with Crippen molar-refractivity contribution in [2.24, 2.45) is 0 Å². The van der Waals surface area contributed by atoms with Gasteiger partial charge in [-0.15, -0.1) is 0 Å². The second kappa shape index (κ2) is 8.06. The van der Waals surface area contributed by atoms with Crippen LogP contribution in [0.4, 0.5) is 10.2 Å². The second-order valence-corrected chi connectivity index (χ2v) is 5.27. The van der Waals surface area contributed by atoms with E-state index in [9.17, 15) is 9.18 Å². The zero-order valence-corrected chi connectivity index (χ0v) is 14.0. The number of amides is 1. The Morgan fingerprint density at radius 3 is 2.62 bits per heavy atom. The summed E-state index contributed by atoms with van der Waals surface area (Å²) >= 11 is 0. The SMILES string of the molecule is COc1ccccc1COc1ncc(F)c(NC(=O)c2ccccc2)n1. The Morgan fingerprint density at radius 1 is 1.12 bits per heavy atom. The fourth-order valence-electron chi connectivity index (χ4n) is 2.24. The number of halogens is 1. The molecule has 0 saturated carbocycles. The smallest absolute Gasteiger partial charge is 0.318 e. The number of ether oxygens (including phenoxy) is 2. The summed E-state index contributed by atoms with van der Waals surface area (Å²) in [5, 5.41) is 2.42. The van der Waals surface area contributed by atoms with Crippen LogP contribution >= 0.6 is 0 Å². The van der Waals surface area contributed by atoms with E-state index in [-0.39, 0.29) is 18.4 Å². The molecule has 0 aliphatic carbocycles. The van der Waals surface area contributed by atoms with Gasteiger partial charge in [0.25, 0.3) is 5.91 Å². The number of nitrogens with one attached hydrogen (secondary N) is 1. The average Bonchev–Trinajstić information content (AvgIpc) is 2.69. The van der Waals surface area contributed by atoms with Gasteiger partial charge < -0.3 is 14.8 Å². The van der Waals surface area contributed by atoms with Crippen LogP contribution in [-0.2, 0) is 6.61 Å². The fourth-order valence-corrected chi connectivity index (χ4v) is 2.24. The van der Waals surface area contributed by atoms with Gasteiger partial charge in [-0.25, -0.2) is 9.37 Å². The third-order valence-corrected chi connectivity index (χ3v) is 3.54. The summed E-state index contributed by atoms with van der Waals surface area (Å²) in [4.78, 5) is 19.9. The quantitative estimate of drug-likeness (QED) is 0.735. The van der Waals surface area contributed by atoms with Crippen molar-refractivity contribution < 1.29 is 18.7 Å². The predicted molar refractivity (Wildman–Crippen MR) is 93.7 cm³/mol. The third-order valence-electron chi connectivity index (χ3n) is 3.54. The van der Waals surface area contributed by atoms with Gasteiger partial charge in [0.1, 0.15) is 12.4 Å². The lowest BCUT2D eigenvalue weighted by molar-refractivity contribution is 0.102. The maximum atomic E-state index is 13.9. The highest BCUT2D eigenvalue weighted by atomic mass is 19.1. The highest BCUT2D eigenvalue weighted by molar-refractivity contribution is 6.03. The molecule has 3 rings (SSSR count). The first-order valence-corrected chi connectivity index (χ1v) is 7.81. The summed E-state index contributed by atoms with van der Waals surface area (Å²) in [6.45, 7) is 0.141. The van der Waals surface area contributed by atoms with Crippen LogP contribution in [0.2, 0.25) is 0 Å². The van der Waals surface area contributed by atoms with Gasteiger partial charge in [-0.3, -0.25) is 4.79 Å². The van der Waals surface area contributed by atoms with Gasteiger partial charge in [-0.2, -0.15) is 4.98 Å². The molecule has 1 N–H and O–H groups in total. The summed E-state index contributed by atoms with van der Waals surface area (Å²) in [5.74, 6) is -0.811. The highest BCUT2D eigenvalue weighted by Gasteiger charge is 2.13. The molecule has 6 nitrogen and oxygen atoms in total. The van der Waals surface area contributed by atoms with E-state index < -0.39 is 11.7 Å². The predicted octanol–water partition coefficient (Wildman–Crippen LogP) is 3.46. The summed E-state index contributed by atoms with van der Waals surface area (Å²) in [5.41, 5.74) is 1.18. The molecule has 0 saturated heterocycles. The third kappa shape index (κ3) is 4.13. The van der Waals surface area contributed by atoms with E-state index in [1.165, 1.54) is 0 Å². The van der Waals surface area contributed by atoms with Gasteiger partial charge in [0.2, 0.25) is 0 Å². The van der Waals surface area contributed by atoms with Crippen molar-refractivity contribution in [2.45, 2.75) is 6.61 Å². The van der Waals surface area contributed by atoms with E-state index >= 15 is 0 Å². The van der Waals surface area contributed by atoms with Gasteiger partial charge >= 0.3 is 6.01 Å². The molecule has 0 fully saturated rings. The zero-order valence-electron chi connectivity index (χ0n) is 14.0. The molecule has 26 heavy (non-hydrogen) atoms. The van der Waals surface area contributed by atoms with Crippen LogP contribution in [0, 0.1) is 5.82 Å². The molecule has 0 aliphatic heterocycles. The number of rotatable bonds is 6. The number of hydrogen-bond donors (Lipinski definition) is 1. The molecule has 0 unspecified atom stereocenters. The summed E-state index contributed by atoms with van der Waals surface area (Å²) in [7, 11) is 1.56. The minimum absolute atomic E-state index is 0.0549. The molecular weight excluding hydrogens is 337 g/mol. The molecule has 0 radical (unpaired) electrons. The van der Waals surface area contributed by atoms with Crippen LogP contribution in [0.1, 0.15) is 15.9 Å². The summed E-state index contributed by atoms with van der Waals surface area (Å²) in [6, 6.07) is 15.7. The Morgan fingerprint density at radius 2 is 1.85 bits per heavy atom. The van der Waals surface area contributed by atoms with Gasteiger partial charge in [-0.1, -0.05) is 36.4 Å². The first kappa shape index (κ1) is 17.3. The largest absolute Gasteiger partial charge is 0.496 e. The molecule has 2 aromatic carbocycles. The van der Waals surface area contributed by atoms with Crippen molar-refractivity contribution in [1.82, 2.24) is 9.97 Å². The highest BCUT2D eigenvalue weighted by Crippen LogP contribution is 2.20. The lowest BCUT2D eigenvalue weighted by atomic mass is 10.2. The van der Waals surface area contributed by atoms with E-state index in [2.05, 4.69) is 15.3 Å². The average molecular weight is 353 g/mol. The van der Waals surface area contributed by atoms with Gasteiger partial charge in [-0.05, 0) is 18.2 Å². The molecule has 1 aromatic heterocycles. The van der Waals surface area contributed by atoms with Crippen molar-refractivity contribution in [3.63, 3.8) is 0 Å². The molecular formula is C19H16FN3O3. The van der Waals surface area contributed by atoms with Crippen LogP contribution in [0.15, 0.2) is 60.8 Å². The molecule has 0 aliphatic rings. The number of benzene rings is 2. The number of aromatic nitrogens is 2. The topological polar surface area (TPSA) is 73.3 Å². The maximum absolute atomic E-state index is 13.9. The van der Waals surface area contributed by atoms with Crippen molar-refractivity contribution in [3.05, 3.63) is 77.7 Å². The molecule has 7 heteroatoms. The number of hydrogen-bond acceptors (Lipinski definition) is 5. The Balaban J connectivity index is 1.72. The fraction of sp³-hybridized carbons (Fsp3) is 0.105. The van der Waals surface area contributed by atoms with Crippen molar-refractivity contribution >= 4 is 11.7 Å². The molecule has 1 amide bonds. The lowest BCUT2D eigenvalue weighted by Gasteiger charge is -2.10. The van der Waals surface area contributed by atoms with Gasteiger partial charge in [0, 0.05) is 11.1 Å². The normalized spacial score (nSPS) is 10.2. The van der Waals surface area contributed by atoms with E-state index in [1.54, 1.807) is 43.5 Å². The Kier molecular flexibility index (Phi) is 5.38. The van der Waals surface area contributed by atoms with Gasteiger partial charge in [0.05, 0.1) is 13.3 Å². The van der Waals surface area contributed by atoms with E-state index in [1.807, 2.05) is 18.2 Å². The van der Waals surface area contributed by atoms with Crippen LogP contribution in [0.3, 0.4) is 0 Å². The minimum atomic E-state index is -0.751. The second-order valence-electron chi connectivity index (χ2n) is 5.27. The Hall–Kier alpha value is -3.48. The van der Waals surface area contributed by atoms with E-state index in [4.69, 9.17) is 9.47 Å². The van der Waals surface area contributed by atoms with Crippen molar-refractivity contribution in [3.8, 4) is 11.8 Å². The molecule has 0 atom stereocenters. The van der Waals surface area contributed by atoms with Crippen LogP contribution in [0.5, 0.6) is 11.8 Å². The molecule has 0 bridgehead atoms. The minimum Gasteiger partial charge on any atom is -0.496 e. The molecule has 1 heterocycles. The summed E-state index contributed by atoms with van der Waals surface area (Å²) < 4.78 is 24.7. The van der Waals surface area contributed by atoms with Crippen molar-refractivity contribution in [2.75, 3.05) is 12.4 Å². The number of carbonyl (C=O) groups is 1. The molecule has 3 aromatic rings. The number of para-hydroxylation sites is 1. The number of anilines is 1. The molecule has 0 spiro atoms. The van der Waals surface area contributed by atoms with Crippen LogP contribution in [0.25, 0.3) is 0 Å². The monoisotopic (exact) mass is 353 g/mol. The number of carbonyl (C=O) groups excluding carboxylic acids is 1. The Bertz CT molecular complexity index is 904. The standard InChI is InChI=1S/C19H16FN3O3/c1-25-16-10-6-5-9-14(16)12-26-19-21-11-15(20)17(23-19)22-18(24)13-7-3-2-4-8-13/h2-11H,12H2,1H3,(H,21,22,23,24). The van der Waals surface area contributed by atoms with Crippen molar-refractivity contribution in [1.29, 1.82) is 0 Å². The first-order valence-electron chi connectivity index (χ1n) is 7.81.